The lowest BCUT2D eigenvalue weighted by Crippen LogP contribution is -2.38. The molecule has 3 rings (SSSR count). The van der Waals surface area contributed by atoms with E-state index in [4.69, 9.17) is 4.74 Å². The molecule has 0 radical (unpaired) electrons. The van der Waals surface area contributed by atoms with E-state index in [1.807, 2.05) is 6.92 Å². The standard InChI is InChI=1S/C20H22N2O5/c1-3-13-19(20(24)27-4-2)17(12-8-5-6-10-15(12)22(25)26)18-14(21-13)9-7-11-16(18)23/h5-6,8,10,17,19H,3-4,7,9,11H2,1-2H3/t17-,19?/m0/s1. The Morgan fingerprint density at radius 3 is 2.70 bits per heavy atom. The summed E-state index contributed by atoms with van der Waals surface area (Å²) in [5.74, 6) is -2.14. The van der Waals surface area contributed by atoms with Gasteiger partial charge in [-0.15, -0.1) is 0 Å². The van der Waals surface area contributed by atoms with Crippen LogP contribution in [0, 0.1) is 16.0 Å². The highest BCUT2D eigenvalue weighted by atomic mass is 16.6. The highest BCUT2D eigenvalue weighted by molar-refractivity contribution is 6.09. The first-order chi connectivity index (χ1) is 13.0. The van der Waals surface area contributed by atoms with Crippen molar-refractivity contribution in [3.63, 3.8) is 0 Å². The van der Waals surface area contributed by atoms with Gasteiger partial charge in [0, 0.05) is 41.0 Å². The summed E-state index contributed by atoms with van der Waals surface area (Å²) in [6.07, 6.45) is 2.21. The molecule has 7 nitrogen and oxygen atoms in total. The third kappa shape index (κ3) is 3.41. The number of carbonyl (C=O) groups excluding carboxylic acids is 2. The maximum Gasteiger partial charge on any atom is 0.315 e. The van der Waals surface area contributed by atoms with Crippen LogP contribution in [0.1, 0.15) is 51.0 Å². The van der Waals surface area contributed by atoms with Crippen LogP contribution >= 0.6 is 0 Å². The molecule has 2 atom stereocenters. The first kappa shape index (κ1) is 18.9. The van der Waals surface area contributed by atoms with Crippen LogP contribution in [0.4, 0.5) is 5.69 Å². The zero-order valence-corrected chi connectivity index (χ0v) is 15.4. The molecular formula is C20H22N2O5. The number of aliphatic imine (C=N–C) groups is 1. The molecule has 0 saturated carbocycles. The minimum Gasteiger partial charge on any atom is -0.465 e. The summed E-state index contributed by atoms with van der Waals surface area (Å²) in [6, 6.07) is 6.30. The van der Waals surface area contributed by atoms with Crippen LogP contribution in [-0.2, 0) is 14.3 Å². The van der Waals surface area contributed by atoms with Crippen LogP contribution in [0.5, 0.6) is 0 Å². The van der Waals surface area contributed by atoms with E-state index in [2.05, 4.69) is 4.99 Å². The molecule has 0 aromatic heterocycles. The number of hydrogen-bond acceptors (Lipinski definition) is 6. The number of Topliss-reactive ketones (excluding diaryl/α,β-unsaturated/α-hetero) is 1. The van der Waals surface area contributed by atoms with E-state index < -0.39 is 22.7 Å². The number of benzene rings is 1. The van der Waals surface area contributed by atoms with Crippen molar-refractivity contribution < 1.29 is 19.2 Å². The zero-order chi connectivity index (χ0) is 19.6. The number of nitro benzene ring substituents is 1. The molecule has 0 bridgehead atoms. The van der Waals surface area contributed by atoms with Gasteiger partial charge < -0.3 is 4.74 Å². The van der Waals surface area contributed by atoms with Crippen molar-refractivity contribution in [2.45, 2.75) is 45.4 Å². The van der Waals surface area contributed by atoms with E-state index in [1.54, 1.807) is 25.1 Å². The fourth-order valence-corrected chi connectivity index (χ4v) is 3.97. The summed E-state index contributed by atoms with van der Waals surface area (Å²) in [5.41, 5.74) is 1.98. The van der Waals surface area contributed by atoms with Gasteiger partial charge in [0.2, 0.25) is 0 Å². The second-order valence-electron chi connectivity index (χ2n) is 6.62. The number of nitrogens with zero attached hydrogens (tertiary/aromatic N) is 2. The van der Waals surface area contributed by atoms with Crippen molar-refractivity contribution in [3.8, 4) is 0 Å². The van der Waals surface area contributed by atoms with Gasteiger partial charge >= 0.3 is 5.97 Å². The fourth-order valence-electron chi connectivity index (χ4n) is 3.97. The van der Waals surface area contributed by atoms with Gasteiger partial charge in [0.05, 0.1) is 11.5 Å². The van der Waals surface area contributed by atoms with Gasteiger partial charge in [0.1, 0.15) is 5.92 Å². The van der Waals surface area contributed by atoms with Crippen molar-refractivity contribution in [3.05, 3.63) is 51.2 Å². The zero-order valence-electron chi connectivity index (χ0n) is 15.4. The van der Waals surface area contributed by atoms with E-state index in [-0.39, 0.29) is 18.1 Å². The Kier molecular flexibility index (Phi) is 5.48. The molecule has 142 valence electrons. The molecule has 1 aromatic rings. The van der Waals surface area contributed by atoms with Gasteiger partial charge in [0.15, 0.2) is 5.78 Å². The summed E-state index contributed by atoms with van der Waals surface area (Å²) >= 11 is 0. The monoisotopic (exact) mass is 370 g/mol. The number of nitro groups is 1. The van der Waals surface area contributed by atoms with Crippen molar-refractivity contribution >= 4 is 23.2 Å². The molecule has 1 aliphatic heterocycles. The van der Waals surface area contributed by atoms with Crippen molar-refractivity contribution in [1.82, 2.24) is 0 Å². The summed E-state index contributed by atoms with van der Waals surface area (Å²) in [7, 11) is 0. The van der Waals surface area contributed by atoms with Crippen molar-refractivity contribution in [1.29, 1.82) is 0 Å². The lowest BCUT2D eigenvalue weighted by atomic mass is 9.70. The van der Waals surface area contributed by atoms with E-state index in [1.165, 1.54) is 6.07 Å². The molecule has 1 aromatic carbocycles. The largest absolute Gasteiger partial charge is 0.465 e. The van der Waals surface area contributed by atoms with E-state index in [0.717, 1.165) is 0 Å². The normalized spacial score (nSPS) is 22.1. The number of allylic oxidation sites excluding steroid dienone is 2. The van der Waals surface area contributed by atoms with Gasteiger partial charge in [-0.05, 0) is 26.2 Å². The Hall–Kier alpha value is -2.83. The summed E-state index contributed by atoms with van der Waals surface area (Å²) < 4.78 is 5.26. The summed E-state index contributed by atoms with van der Waals surface area (Å²) in [4.78, 5) is 41.3. The molecule has 0 saturated heterocycles. The summed E-state index contributed by atoms with van der Waals surface area (Å²) in [5, 5.41) is 11.6. The molecule has 0 amide bonds. The van der Waals surface area contributed by atoms with E-state index in [0.29, 0.717) is 48.2 Å². The first-order valence-corrected chi connectivity index (χ1v) is 9.23. The van der Waals surface area contributed by atoms with Gasteiger partial charge in [-0.25, -0.2) is 0 Å². The van der Waals surface area contributed by atoms with Gasteiger partial charge in [0.25, 0.3) is 5.69 Å². The predicted octanol–water partition coefficient (Wildman–Crippen LogP) is 3.73. The Morgan fingerprint density at radius 1 is 1.30 bits per heavy atom. The molecule has 2 aliphatic rings. The Balaban J connectivity index is 2.25. The number of hydrogen-bond donors (Lipinski definition) is 0. The number of esters is 1. The smallest absolute Gasteiger partial charge is 0.315 e. The van der Waals surface area contributed by atoms with Crippen LogP contribution in [0.2, 0.25) is 0 Å². The molecule has 1 unspecified atom stereocenters. The van der Waals surface area contributed by atoms with Crippen LogP contribution in [0.3, 0.4) is 0 Å². The molecule has 27 heavy (non-hydrogen) atoms. The van der Waals surface area contributed by atoms with E-state index >= 15 is 0 Å². The van der Waals surface area contributed by atoms with Gasteiger partial charge in [-0.3, -0.25) is 24.7 Å². The average Bonchev–Trinajstić information content (AvgIpc) is 2.66. The SMILES string of the molecule is CCOC(=O)C1C(CC)=NC2=C(C(=O)CCC2)[C@@H]1c1ccccc1[N+](=O)[O-]. The average molecular weight is 370 g/mol. The minimum atomic E-state index is -0.822. The third-order valence-electron chi connectivity index (χ3n) is 5.08. The highest BCUT2D eigenvalue weighted by Crippen LogP contribution is 2.46. The Labute approximate surface area is 157 Å². The molecule has 7 heteroatoms. The van der Waals surface area contributed by atoms with Crippen molar-refractivity contribution in [2.75, 3.05) is 6.61 Å². The first-order valence-electron chi connectivity index (χ1n) is 9.23. The van der Waals surface area contributed by atoms with Gasteiger partial charge in [-0.1, -0.05) is 25.1 Å². The lowest BCUT2D eigenvalue weighted by Gasteiger charge is -2.34. The topological polar surface area (TPSA) is 98.9 Å². The number of para-hydroxylation sites is 1. The quantitative estimate of drug-likeness (QED) is 0.447. The second-order valence-corrected chi connectivity index (χ2v) is 6.62. The predicted molar refractivity (Wildman–Crippen MR) is 99.6 cm³/mol. The van der Waals surface area contributed by atoms with Crippen LogP contribution in [0.25, 0.3) is 0 Å². The number of carbonyl (C=O) groups is 2. The minimum absolute atomic E-state index is 0.0902. The van der Waals surface area contributed by atoms with Gasteiger partial charge in [-0.2, -0.15) is 0 Å². The highest BCUT2D eigenvalue weighted by Gasteiger charge is 2.45. The Bertz CT molecular complexity index is 856. The molecule has 0 spiro atoms. The maximum atomic E-state index is 12.8. The molecule has 1 heterocycles. The molecule has 1 aliphatic carbocycles. The molecule has 0 N–H and O–H groups in total. The van der Waals surface area contributed by atoms with Crippen LogP contribution in [0.15, 0.2) is 40.5 Å². The number of rotatable bonds is 5. The fraction of sp³-hybridized carbons (Fsp3) is 0.450. The van der Waals surface area contributed by atoms with Crippen LogP contribution in [-0.4, -0.2) is 29.0 Å². The molecule has 0 fully saturated rings. The maximum absolute atomic E-state index is 12.8. The lowest BCUT2D eigenvalue weighted by molar-refractivity contribution is -0.385. The summed E-state index contributed by atoms with van der Waals surface area (Å²) in [6.45, 7) is 3.79. The number of ether oxygens (including phenoxy) is 1. The Morgan fingerprint density at radius 2 is 2.04 bits per heavy atom. The number of ketones is 1. The molecular weight excluding hydrogens is 348 g/mol. The van der Waals surface area contributed by atoms with Crippen LogP contribution < -0.4 is 0 Å². The third-order valence-corrected chi connectivity index (χ3v) is 5.08. The van der Waals surface area contributed by atoms with E-state index in [9.17, 15) is 19.7 Å². The van der Waals surface area contributed by atoms with Crippen molar-refractivity contribution in [2.24, 2.45) is 10.9 Å². The second kappa shape index (κ2) is 7.82.